The summed E-state index contributed by atoms with van der Waals surface area (Å²) < 4.78 is 5.09. The van der Waals surface area contributed by atoms with Gasteiger partial charge in [0.05, 0.1) is 7.11 Å². The molecule has 0 aliphatic rings. The molecule has 2 aromatic rings. The lowest BCUT2D eigenvalue weighted by Gasteiger charge is -2.00. The van der Waals surface area contributed by atoms with Gasteiger partial charge in [0, 0.05) is 0 Å². The van der Waals surface area contributed by atoms with Gasteiger partial charge in [-0.25, -0.2) is 0 Å². The van der Waals surface area contributed by atoms with E-state index >= 15 is 0 Å². The molecule has 0 spiro atoms. The lowest BCUT2D eigenvalue weighted by Crippen LogP contribution is -1.81. The van der Waals surface area contributed by atoms with Crippen molar-refractivity contribution in [3.63, 3.8) is 0 Å². The fourth-order valence-corrected chi connectivity index (χ4v) is 1.88. The molecule has 0 amide bonds. The molecule has 1 aromatic heterocycles. The van der Waals surface area contributed by atoms with Crippen molar-refractivity contribution in [1.29, 1.82) is 0 Å². The molecule has 2 rings (SSSR count). The summed E-state index contributed by atoms with van der Waals surface area (Å²) in [6.45, 7) is 0. The molecule has 0 radical (unpaired) electrons. The highest BCUT2D eigenvalue weighted by Gasteiger charge is 1.97. The van der Waals surface area contributed by atoms with Crippen LogP contribution in [0.5, 0.6) is 5.75 Å². The van der Waals surface area contributed by atoms with Crippen molar-refractivity contribution in [1.82, 2.24) is 0 Å². The normalized spacial score (nSPS) is 9.92. The van der Waals surface area contributed by atoms with E-state index < -0.39 is 0 Å². The number of benzene rings is 1. The highest BCUT2D eigenvalue weighted by molar-refractivity contribution is 7.08. The minimum Gasteiger partial charge on any atom is -0.497 e. The number of rotatable bonds is 2. The van der Waals surface area contributed by atoms with Crippen molar-refractivity contribution in [2.24, 2.45) is 0 Å². The summed E-state index contributed by atoms with van der Waals surface area (Å²) in [7, 11) is 1.68. The molecule has 0 aliphatic heterocycles. The monoisotopic (exact) mass is 190 g/mol. The van der Waals surface area contributed by atoms with Crippen molar-refractivity contribution >= 4 is 11.3 Å². The molecule has 13 heavy (non-hydrogen) atoms. The molecular weight excluding hydrogens is 180 g/mol. The molecule has 0 saturated heterocycles. The minimum atomic E-state index is 0.902. The lowest BCUT2D eigenvalue weighted by molar-refractivity contribution is 0.415. The Labute approximate surface area is 81.6 Å². The summed E-state index contributed by atoms with van der Waals surface area (Å²) in [5.74, 6) is 0.902. The Kier molecular flexibility index (Phi) is 2.32. The molecule has 0 aliphatic carbocycles. The Morgan fingerprint density at radius 3 is 2.31 bits per heavy atom. The molecule has 0 saturated carbocycles. The SMILES string of the molecule is COc1ccc(-c2ccsc2)cc1. The first-order valence-electron chi connectivity index (χ1n) is 4.07. The number of hydrogen-bond donors (Lipinski definition) is 0. The van der Waals surface area contributed by atoms with Crippen molar-refractivity contribution in [3.05, 3.63) is 41.1 Å². The molecule has 1 heterocycles. The van der Waals surface area contributed by atoms with Crippen molar-refractivity contribution in [2.75, 3.05) is 7.11 Å². The molecule has 1 aromatic carbocycles. The van der Waals surface area contributed by atoms with Crippen molar-refractivity contribution in [3.8, 4) is 16.9 Å². The van der Waals surface area contributed by atoms with Crippen LogP contribution in [0.25, 0.3) is 11.1 Å². The van der Waals surface area contributed by atoms with Gasteiger partial charge in [0.25, 0.3) is 0 Å². The fourth-order valence-electron chi connectivity index (χ4n) is 1.21. The summed E-state index contributed by atoms with van der Waals surface area (Å²) in [5, 5.41) is 4.22. The number of hydrogen-bond acceptors (Lipinski definition) is 2. The quantitative estimate of drug-likeness (QED) is 0.705. The van der Waals surface area contributed by atoms with E-state index in [-0.39, 0.29) is 0 Å². The van der Waals surface area contributed by atoms with Crippen LogP contribution in [0.1, 0.15) is 0 Å². The van der Waals surface area contributed by atoms with Gasteiger partial charge in [-0.3, -0.25) is 0 Å². The van der Waals surface area contributed by atoms with E-state index in [0.29, 0.717) is 0 Å². The Balaban J connectivity index is 2.33. The number of ether oxygens (including phenoxy) is 1. The van der Waals surface area contributed by atoms with E-state index in [1.807, 2.05) is 12.1 Å². The van der Waals surface area contributed by atoms with Gasteiger partial charge in [-0.15, -0.1) is 0 Å². The zero-order chi connectivity index (χ0) is 9.10. The molecular formula is C11H10OS. The summed E-state index contributed by atoms with van der Waals surface area (Å²) >= 11 is 1.71. The molecule has 0 N–H and O–H groups in total. The van der Waals surface area contributed by atoms with Crippen LogP contribution in [0.2, 0.25) is 0 Å². The zero-order valence-corrected chi connectivity index (χ0v) is 8.17. The Hall–Kier alpha value is -1.28. The van der Waals surface area contributed by atoms with Gasteiger partial charge in [-0.1, -0.05) is 12.1 Å². The number of methoxy groups -OCH3 is 1. The van der Waals surface area contributed by atoms with Gasteiger partial charge in [-0.2, -0.15) is 11.3 Å². The summed E-state index contributed by atoms with van der Waals surface area (Å²) in [4.78, 5) is 0. The summed E-state index contributed by atoms with van der Waals surface area (Å²) in [5.41, 5.74) is 2.51. The molecule has 0 atom stereocenters. The van der Waals surface area contributed by atoms with Crippen LogP contribution in [0.4, 0.5) is 0 Å². The maximum absolute atomic E-state index is 5.09. The van der Waals surface area contributed by atoms with Gasteiger partial charge in [0.2, 0.25) is 0 Å². The third-order valence-corrected chi connectivity index (χ3v) is 2.63. The maximum Gasteiger partial charge on any atom is 0.118 e. The van der Waals surface area contributed by atoms with E-state index in [1.165, 1.54) is 11.1 Å². The summed E-state index contributed by atoms with van der Waals surface area (Å²) in [6, 6.07) is 10.2. The molecule has 2 heteroatoms. The lowest BCUT2D eigenvalue weighted by atomic mass is 10.1. The average molecular weight is 190 g/mol. The van der Waals surface area contributed by atoms with Crippen molar-refractivity contribution < 1.29 is 4.74 Å². The van der Waals surface area contributed by atoms with Gasteiger partial charge in [-0.05, 0) is 40.1 Å². The van der Waals surface area contributed by atoms with Crippen LogP contribution in [0, 0.1) is 0 Å². The molecule has 0 unspecified atom stereocenters. The second-order valence-electron chi connectivity index (χ2n) is 2.74. The van der Waals surface area contributed by atoms with Gasteiger partial charge >= 0.3 is 0 Å². The molecule has 0 fully saturated rings. The second kappa shape index (κ2) is 3.62. The summed E-state index contributed by atoms with van der Waals surface area (Å²) in [6.07, 6.45) is 0. The number of thiophene rings is 1. The van der Waals surface area contributed by atoms with Gasteiger partial charge < -0.3 is 4.74 Å². The Morgan fingerprint density at radius 1 is 1.00 bits per heavy atom. The van der Waals surface area contributed by atoms with Gasteiger partial charge in [0.15, 0.2) is 0 Å². The first kappa shape index (κ1) is 8.32. The average Bonchev–Trinajstić information content (AvgIpc) is 2.71. The zero-order valence-electron chi connectivity index (χ0n) is 7.36. The van der Waals surface area contributed by atoms with Crippen LogP contribution in [-0.4, -0.2) is 7.11 Å². The topological polar surface area (TPSA) is 9.23 Å². The standard InChI is InChI=1S/C11H10OS/c1-12-11-4-2-9(3-5-11)10-6-7-13-8-10/h2-8H,1H3. The highest BCUT2D eigenvalue weighted by Crippen LogP contribution is 2.23. The van der Waals surface area contributed by atoms with Gasteiger partial charge in [0.1, 0.15) is 5.75 Å². The second-order valence-corrected chi connectivity index (χ2v) is 3.52. The third-order valence-electron chi connectivity index (χ3n) is 1.94. The first-order chi connectivity index (χ1) is 6.40. The largest absolute Gasteiger partial charge is 0.497 e. The van der Waals surface area contributed by atoms with E-state index in [4.69, 9.17) is 4.74 Å². The fraction of sp³-hybridized carbons (Fsp3) is 0.0909. The predicted octanol–water partition coefficient (Wildman–Crippen LogP) is 3.42. The van der Waals surface area contributed by atoms with Crippen LogP contribution in [0.3, 0.4) is 0 Å². The van der Waals surface area contributed by atoms with E-state index in [0.717, 1.165) is 5.75 Å². The van der Waals surface area contributed by atoms with Crippen LogP contribution >= 0.6 is 11.3 Å². The molecule has 0 bridgehead atoms. The Bertz CT molecular complexity index is 361. The van der Waals surface area contributed by atoms with E-state index in [2.05, 4.69) is 29.0 Å². The predicted molar refractivity (Wildman–Crippen MR) is 56.3 cm³/mol. The van der Waals surface area contributed by atoms with E-state index in [9.17, 15) is 0 Å². The van der Waals surface area contributed by atoms with E-state index in [1.54, 1.807) is 18.4 Å². The third kappa shape index (κ3) is 1.73. The molecule has 66 valence electrons. The highest BCUT2D eigenvalue weighted by atomic mass is 32.1. The maximum atomic E-state index is 5.09. The van der Waals surface area contributed by atoms with Crippen LogP contribution in [-0.2, 0) is 0 Å². The van der Waals surface area contributed by atoms with Crippen LogP contribution < -0.4 is 4.74 Å². The first-order valence-corrected chi connectivity index (χ1v) is 5.01. The molecule has 1 nitrogen and oxygen atoms in total. The minimum absolute atomic E-state index is 0.902. The smallest absolute Gasteiger partial charge is 0.118 e. The van der Waals surface area contributed by atoms with Crippen molar-refractivity contribution in [2.45, 2.75) is 0 Å². The Morgan fingerprint density at radius 2 is 1.77 bits per heavy atom. The van der Waals surface area contributed by atoms with Crippen LogP contribution in [0.15, 0.2) is 41.1 Å².